The maximum Gasteiger partial charge on any atom is 0.167 e. The molecular weight excluding hydrogens is 727 g/mol. The van der Waals surface area contributed by atoms with Crippen LogP contribution in [-0.2, 0) is 0 Å². The van der Waals surface area contributed by atoms with Gasteiger partial charge in [-0.25, -0.2) is 15.0 Å². The second kappa shape index (κ2) is 13.1. The highest BCUT2D eigenvalue weighted by Crippen LogP contribution is 2.46. The van der Waals surface area contributed by atoms with Gasteiger partial charge in [-0.2, -0.15) is 0 Å². The van der Waals surface area contributed by atoms with Crippen LogP contribution in [0.5, 0.6) is 0 Å². The zero-order valence-electron chi connectivity index (χ0n) is 31.1. The van der Waals surface area contributed by atoms with Crippen molar-refractivity contribution in [2.45, 2.75) is 0 Å². The predicted molar refractivity (Wildman–Crippen MR) is 242 cm³/mol. The second-order valence-electron chi connectivity index (χ2n) is 14.7. The normalized spacial score (nSPS) is 11.8. The van der Waals surface area contributed by atoms with Crippen molar-refractivity contribution in [2.24, 2.45) is 0 Å². The van der Waals surface area contributed by atoms with Crippen molar-refractivity contribution in [1.82, 2.24) is 15.0 Å². The Morgan fingerprint density at radius 2 is 0.879 bits per heavy atom. The largest absolute Gasteiger partial charge is 0.455 e. The monoisotopic (exact) mass is 757 g/mol. The molecule has 0 aliphatic heterocycles. The molecule has 0 fully saturated rings. The van der Waals surface area contributed by atoms with Crippen LogP contribution in [0.1, 0.15) is 0 Å². The van der Waals surface area contributed by atoms with Crippen molar-refractivity contribution < 1.29 is 4.42 Å². The lowest BCUT2D eigenvalue weighted by atomic mass is 9.93. The van der Waals surface area contributed by atoms with Crippen LogP contribution in [0, 0.1) is 0 Å². The molecule has 0 saturated heterocycles. The molecule has 0 amide bonds. The molecule has 0 radical (unpaired) electrons. The van der Waals surface area contributed by atoms with Gasteiger partial charge in [-0.15, -0.1) is 11.3 Å². The van der Waals surface area contributed by atoms with Gasteiger partial charge in [0, 0.05) is 42.1 Å². The summed E-state index contributed by atoms with van der Waals surface area (Å²) in [6.07, 6.45) is 0. The van der Waals surface area contributed by atoms with Crippen molar-refractivity contribution in [1.29, 1.82) is 0 Å². The number of para-hydroxylation sites is 1. The van der Waals surface area contributed by atoms with Crippen LogP contribution in [0.2, 0.25) is 0 Å². The standard InChI is InChI=1S/C53H31N3OS/c1-2-15-34(16-3-1)51-54-52(43-25-12-28-47-49(43)48-41(23-11-27-46(48)58-47)39-22-9-18-33-14-5-7-20-37(33)39)56-53(55-51)44-26-10-24-42-40-30-29-35(31-45(40)57-50(42)44)38-21-8-17-32-13-4-6-19-36(32)38/h1-31H. The number of thiophene rings is 1. The molecule has 270 valence electrons. The zero-order chi connectivity index (χ0) is 38.2. The summed E-state index contributed by atoms with van der Waals surface area (Å²) in [6.45, 7) is 0. The third kappa shape index (κ3) is 5.18. The van der Waals surface area contributed by atoms with E-state index in [-0.39, 0.29) is 0 Å². The summed E-state index contributed by atoms with van der Waals surface area (Å²) in [6, 6.07) is 66.2. The smallest absolute Gasteiger partial charge is 0.167 e. The summed E-state index contributed by atoms with van der Waals surface area (Å²) in [7, 11) is 0. The van der Waals surface area contributed by atoms with E-state index in [2.05, 4.69) is 170 Å². The van der Waals surface area contributed by atoms with E-state index >= 15 is 0 Å². The van der Waals surface area contributed by atoms with Gasteiger partial charge in [-0.1, -0.05) is 158 Å². The lowest BCUT2D eigenvalue weighted by Gasteiger charge is -2.12. The highest BCUT2D eigenvalue weighted by atomic mass is 32.1. The Balaban J connectivity index is 1.08. The number of aromatic nitrogens is 3. The topological polar surface area (TPSA) is 51.8 Å². The van der Waals surface area contributed by atoms with Gasteiger partial charge in [0.25, 0.3) is 0 Å². The molecule has 5 heteroatoms. The van der Waals surface area contributed by atoms with E-state index in [1.165, 1.54) is 53.0 Å². The van der Waals surface area contributed by atoms with Gasteiger partial charge in [0.05, 0.1) is 5.56 Å². The fourth-order valence-corrected chi connectivity index (χ4v) is 9.85. The highest BCUT2D eigenvalue weighted by Gasteiger charge is 2.22. The molecule has 9 aromatic carbocycles. The lowest BCUT2D eigenvalue weighted by molar-refractivity contribution is 0.669. The molecule has 0 saturated carbocycles. The molecule has 0 unspecified atom stereocenters. The molecule has 12 rings (SSSR count). The van der Waals surface area contributed by atoms with E-state index in [1.54, 1.807) is 11.3 Å². The lowest BCUT2D eigenvalue weighted by Crippen LogP contribution is -2.00. The molecule has 12 aromatic rings. The second-order valence-corrected chi connectivity index (χ2v) is 15.8. The van der Waals surface area contributed by atoms with E-state index in [4.69, 9.17) is 19.4 Å². The highest BCUT2D eigenvalue weighted by molar-refractivity contribution is 7.26. The van der Waals surface area contributed by atoms with Gasteiger partial charge in [0.15, 0.2) is 17.5 Å². The SMILES string of the molecule is c1ccc(-c2nc(-c3cccc4c3oc3cc(-c5cccc6ccccc56)ccc34)nc(-c3cccc4sc5cccc(-c6cccc7ccccc67)c5c34)n2)cc1. The number of rotatable bonds is 5. The summed E-state index contributed by atoms with van der Waals surface area (Å²) in [5, 5.41) is 9.29. The maximum absolute atomic E-state index is 6.82. The third-order valence-electron chi connectivity index (χ3n) is 11.4. The maximum atomic E-state index is 6.82. The Morgan fingerprint density at radius 1 is 0.345 bits per heavy atom. The molecule has 58 heavy (non-hydrogen) atoms. The van der Waals surface area contributed by atoms with Crippen LogP contribution < -0.4 is 0 Å². The van der Waals surface area contributed by atoms with Gasteiger partial charge < -0.3 is 4.42 Å². The summed E-state index contributed by atoms with van der Waals surface area (Å²) >= 11 is 1.80. The van der Waals surface area contributed by atoms with Gasteiger partial charge >= 0.3 is 0 Å². The van der Waals surface area contributed by atoms with Crippen molar-refractivity contribution in [3.05, 3.63) is 188 Å². The van der Waals surface area contributed by atoms with Crippen LogP contribution in [0.25, 0.3) is 120 Å². The molecule has 0 aliphatic carbocycles. The third-order valence-corrected chi connectivity index (χ3v) is 12.5. The molecule has 0 N–H and O–H groups in total. The fraction of sp³-hybridized carbons (Fsp3) is 0. The molecule has 3 aromatic heterocycles. The first kappa shape index (κ1) is 32.7. The molecule has 0 bridgehead atoms. The number of benzene rings is 9. The zero-order valence-corrected chi connectivity index (χ0v) is 31.9. The summed E-state index contributed by atoms with van der Waals surface area (Å²) < 4.78 is 9.23. The minimum Gasteiger partial charge on any atom is -0.455 e. The molecule has 0 aliphatic rings. The Bertz CT molecular complexity index is 3570. The van der Waals surface area contributed by atoms with Gasteiger partial charge in [-0.05, 0) is 74.1 Å². The van der Waals surface area contributed by atoms with Crippen molar-refractivity contribution in [3.63, 3.8) is 0 Å². The van der Waals surface area contributed by atoms with Gasteiger partial charge in [0.2, 0.25) is 0 Å². The Morgan fingerprint density at radius 3 is 1.66 bits per heavy atom. The van der Waals surface area contributed by atoms with E-state index < -0.39 is 0 Å². The average Bonchev–Trinajstić information content (AvgIpc) is 3.87. The minimum absolute atomic E-state index is 0.564. The molecular formula is C53H31N3OS. The number of furan rings is 1. The Kier molecular flexibility index (Phi) is 7.37. The van der Waals surface area contributed by atoms with Crippen LogP contribution in [0.15, 0.2) is 192 Å². The fourth-order valence-electron chi connectivity index (χ4n) is 8.69. The van der Waals surface area contributed by atoms with Crippen LogP contribution in [0.3, 0.4) is 0 Å². The minimum atomic E-state index is 0.564. The molecule has 3 heterocycles. The van der Waals surface area contributed by atoms with Crippen LogP contribution >= 0.6 is 11.3 Å². The molecule has 0 atom stereocenters. The van der Waals surface area contributed by atoms with Crippen molar-refractivity contribution in [2.75, 3.05) is 0 Å². The summed E-state index contributed by atoms with van der Waals surface area (Å²) in [5.74, 6) is 1.79. The average molecular weight is 758 g/mol. The van der Waals surface area contributed by atoms with Crippen molar-refractivity contribution in [3.8, 4) is 56.4 Å². The number of hydrogen-bond donors (Lipinski definition) is 0. The summed E-state index contributed by atoms with van der Waals surface area (Å²) in [5.41, 5.74) is 8.96. The van der Waals surface area contributed by atoms with Crippen LogP contribution in [0.4, 0.5) is 0 Å². The Hall–Kier alpha value is -7.47. The quantitative estimate of drug-likeness (QED) is 0.175. The van der Waals surface area contributed by atoms with Gasteiger partial charge in [-0.3, -0.25) is 0 Å². The number of hydrogen-bond acceptors (Lipinski definition) is 5. The number of nitrogens with zero attached hydrogens (tertiary/aromatic N) is 3. The van der Waals surface area contributed by atoms with Crippen LogP contribution in [-0.4, -0.2) is 15.0 Å². The molecule has 0 spiro atoms. The number of fused-ring (bicyclic) bond motifs is 8. The van der Waals surface area contributed by atoms with E-state index in [9.17, 15) is 0 Å². The first-order valence-electron chi connectivity index (χ1n) is 19.4. The van der Waals surface area contributed by atoms with E-state index in [0.717, 1.165) is 49.6 Å². The summed E-state index contributed by atoms with van der Waals surface area (Å²) in [4.78, 5) is 15.7. The van der Waals surface area contributed by atoms with E-state index in [1.807, 2.05) is 18.2 Å². The van der Waals surface area contributed by atoms with Crippen molar-refractivity contribution >= 4 is 75.0 Å². The molecule has 4 nitrogen and oxygen atoms in total. The van der Waals surface area contributed by atoms with E-state index in [0.29, 0.717) is 17.5 Å². The van der Waals surface area contributed by atoms with Gasteiger partial charge in [0.1, 0.15) is 11.2 Å². The Labute approximate surface area is 337 Å². The first-order valence-corrected chi connectivity index (χ1v) is 20.2. The predicted octanol–water partition coefficient (Wildman–Crippen LogP) is 14.8. The first-order chi connectivity index (χ1) is 28.7.